The Morgan fingerprint density at radius 1 is 0.867 bits per heavy atom. The van der Waals surface area contributed by atoms with E-state index >= 15 is 0 Å². The van der Waals surface area contributed by atoms with Gasteiger partial charge in [0.15, 0.2) is 0 Å². The van der Waals surface area contributed by atoms with Gasteiger partial charge in [0, 0.05) is 49.7 Å². The normalized spacial score (nSPS) is 19.3. The molecule has 0 bridgehead atoms. The zero-order chi connectivity index (χ0) is 21.3. The number of carbonyl (C=O) groups is 3. The molecule has 156 valence electrons. The van der Waals surface area contributed by atoms with Crippen LogP contribution in [0.1, 0.15) is 22.3 Å². The van der Waals surface area contributed by atoms with E-state index in [2.05, 4.69) is 4.90 Å². The number of carbonyl (C=O) groups excluding carboxylic acids is 3. The van der Waals surface area contributed by atoms with Crippen LogP contribution in [0.4, 0.5) is 11.4 Å². The number of nitrogens with two attached hydrogens (primary N) is 1. The number of hydrogen-bond donors (Lipinski definition) is 1. The highest BCUT2D eigenvalue weighted by Gasteiger charge is 2.40. The highest BCUT2D eigenvalue weighted by molar-refractivity contribution is 6.09. The number of amides is 3. The maximum absolute atomic E-state index is 13.0. The van der Waals surface area contributed by atoms with Crippen LogP contribution in [0, 0.1) is 12.8 Å². The van der Waals surface area contributed by atoms with Gasteiger partial charge in [-0.05, 0) is 49.7 Å². The van der Waals surface area contributed by atoms with Crippen molar-refractivity contribution in [1.29, 1.82) is 0 Å². The van der Waals surface area contributed by atoms with Gasteiger partial charge in [-0.1, -0.05) is 17.7 Å². The third-order valence-corrected chi connectivity index (χ3v) is 5.96. The molecule has 2 fully saturated rings. The molecule has 2 aliphatic heterocycles. The van der Waals surface area contributed by atoms with Gasteiger partial charge in [-0.2, -0.15) is 0 Å². The number of primary amides is 1. The predicted octanol–water partition coefficient (Wildman–Crippen LogP) is 1.80. The van der Waals surface area contributed by atoms with E-state index in [1.807, 2.05) is 43.3 Å². The first kappa shape index (κ1) is 19.9. The lowest BCUT2D eigenvalue weighted by atomic mass is 10.1. The molecule has 7 nitrogen and oxygen atoms in total. The molecule has 7 heteroatoms. The Labute approximate surface area is 176 Å². The molecule has 2 saturated heterocycles. The Bertz CT molecular complexity index is 947. The van der Waals surface area contributed by atoms with Crippen molar-refractivity contribution in [2.75, 3.05) is 42.5 Å². The van der Waals surface area contributed by atoms with Crippen molar-refractivity contribution in [3.05, 3.63) is 59.7 Å². The zero-order valence-electron chi connectivity index (χ0n) is 17.1. The number of nitrogens with zero attached hydrogens (tertiary/aromatic N) is 3. The van der Waals surface area contributed by atoms with Crippen molar-refractivity contribution in [2.45, 2.75) is 13.3 Å². The summed E-state index contributed by atoms with van der Waals surface area (Å²) in [6.45, 7) is 5.10. The quantitative estimate of drug-likeness (QED) is 0.785. The van der Waals surface area contributed by atoms with Crippen LogP contribution in [0.3, 0.4) is 0 Å². The number of hydrogen-bond acceptors (Lipinski definition) is 4. The smallest absolute Gasteiger partial charge is 0.248 e. The van der Waals surface area contributed by atoms with Gasteiger partial charge in [0.25, 0.3) is 0 Å². The van der Waals surface area contributed by atoms with Crippen molar-refractivity contribution in [3.63, 3.8) is 0 Å². The van der Waals surface area contributed by atoms with E-state index in [9.17, 15) is 14.4 Å². The SMILES string of the molecule is Cc1ccc(N2CCC(C(=O)N3CCN(c4ccc(C(N)=O)cc4)CC3)C2=O)cc1. The molecule has 0 aromatic heterocycles. The van der Waals surface area contributed by atoms with Crippen molar-refractivity contribution >= 4 is 29.1 Å². The number of piperazine rings is 1. The van der Waals surface area contributed by atoms with E-state index < -0.39 is 11.8 Å². The maximum Gasteiger partial charge on any atom is 0.248 e. The van der Waals surface area contributed by atoms with Crippen LogP contribution in [0.2, 0.25) is 0 Å². The summed E-state index contributed by atoms with van der Waals surface area (Å²) in [7, 11) is 0. The standard InChI is InChI=1S/C23H26N4O3/c1-16-2-6-19(7-3-16)27-11-10-20(23(27)30)22(29)26-14-12-25(13-15-26)18-8-4-17(5-9-18)21(24)28/h2-9,20H,10-15H2,1H3,(H2,24,28). The molecule has 2 aromatic rings. The summed E-state index contributed by atoms with van der Waals surface area (Å²) in [5.74, 6) is -1.21. The van der Waals surface area contributed by atoms with Gasteiger partial charge in [0.1, 0.15) is 5.92 Å². The molecule has 0 spiro atoms. The fourth-order valence-corrected chi connectivity index (χ4v) is 4.13. The monoisotopic (exact) mass is 406 g/mol. The molecule has 0 aliphatic carbocycles. The highest BCUT2D eigenvalue weighted by Crippen LogP contribution is 2.27. The molecule has 2 heterocycles. The minimum Gasteiger partial charge on any atom is -0.368 e. The predicted molar refractivity (Wildman–Crippen MR) is 115 cm³/mol. The van der Waals surface area contributed by atoms with Gasteiger partial charge in [-0.3, -0.25) is 14.4 Å². The number of anilines is 2. The summed E-state index contributed by atoms with van der Waals surface area (Å²) in [6.07, 6.45) is 0.556. The van der Waals surface area contributed by atoms with Crippen LogP contribution < -0.4 is 15.5 Å². The van der Waals surface area contributed by atoms with Crippen LogP contribution in [0.5, 0.6) is 0 Å². The number of aryl methyl sites for hydroxylation is 1. The summed E-state index contributed by atoms with van der Waals surface area (Å²) in [5, 5.41) is 0. The largest absolute Gasteiger partial charge is 0.368 e. The van der Waals surface area contributed by atoms with Gasteiger partial charge >= 0.3 is 0 Å². The summed E-state index contributed by atoms with van der Waals surface area (Å²) in [6, 6.07) is 15.0. The maximum atomic E-state index is 13.0. The second kappa shape index (κ2) is 8.18. The van der Waals surface area contributed by atoms with Crippen molar-refractivity contribution in [2.24, 2.45) is 11.7 Å². The van der Waals surface area contributed by atoms with Crippen LogP contribution in [-0.4, -0.2) is 55.3 Å². The first-order chi connectivity index (χ1) is 14.4. The lowest BCUT2D eigenvalue weighted by molar-refractivity contribution is -0.140. The molecule has 4 rings (SSSR count). The Kier molecular flexibility index (Phi) is 5.44. The molecule has 1 atom stereocenters. The molecular formula is C23H26N4O3. The van der Waals surface area contributed by atoms with Gasteiger partial charge in [0.05, 0.1) is 0 Å². The van der Waals surface area contributed by atoms with Crippen molar-refractivity contribution < 1.29 is 14.4 Å². The molecule has 3 amide bonds. The van der Waals surface area contributed by atoms with Crippen LogP contribution in [0.15, 0.2) is 48.5 Å². The lowest BCUT2D eigenvalue weighted by Gasteiger charge is -2.37. The Morgan fingerprint density at radius 3 is 2.07 bits per heavy atom. The van der Waals surface area contributed by atoms with Gasteiger partial charge in [-0.15, -0.1) is 0 Å². The van der Waals surface area contributed by atoms with Crippen molar-refractivity contribution in [3.8, 4) is 0 Å². The topological polar surface area (TPSA) is 86.9 Å². The van der Waals surface area contributed by atoms with Crippen LogP contribution >= 0.6 is 0 Å². The third kappa shape index (κ3) is 3.87. The molecule has 2 N–H and O–H groups in total. The molecular weight excluding hydrogens is 380 g/mol. The van der Waals surface area contributed by atoms with E-state index in [-0.39, 0.29) is 11.8 Å². The average Bonchev–Trinajstić information content (AvgIpc) is 3.15. The summed E-state index contributed by atoms with van der Waals surface area (Å²) in [5.41, 5.74) is 8.75. The molecule has 1 unspecified atom stereocenters. The minimum absolute atomic E-state index is 0.0710. The number of rotatable bonds is 4. The van der Waals surface area contributed by atoms with Crippen LogP contribution in [0.25, 0.3) is 0 Å². The van der Waals surface area contributed by atoms with E-state index in [4.69, 9.17) is 5.73 Å². The Morgan fingerprint density at radius 2 is 1.47 bits per heavy atom. The molecule has 0 radical (unpaired) electrons. The van der Waals surface area contributed by atoms with Gasteiger partial charge in [0.2, 0.25) is 17.7 Å². The Balaban J connectivity index is 1.35. The summed E-state index contributed by atoms with van der Waals surface area (Å²) >= 11 is 0. The van der Waals surface area contributed by atoms with E-state index in [1.165, 1.54) is 0 Å². The molecule has 30 heavy (non-hydrogen) atoms. The Hall–Kier alpha value is -3.35. The van der Waals surface area contributed by atoms with Gasteiger partial charge in [-0.25, -0.2) is 0 Å². The fraction of sp³-hybridized carbons (Fsp3) is 0.348. The number of benzene rings is 2. The first-order valence-electron chi connectivity index (χ1n) is 10.3. The summed E-state index contributed by atoms with van der Waals surface area (Å²) in [4.78, 5) is 42.8. The van der Waals surface area contributed by atoms with Crippen LogP contribution in [-0.2, 0) is 9.59 Å². The van der Waals surface area contributed by atoms with Gasteiger partial charge < -0.3 is 20.4 Å². The molecule has 2 aliphatic rings. The first-order valence-corrected chi connectivity index (χ1v) is 10.3. The lowest BCUT2D eigenvalue weighted by Crippen LogP contribution is -2.51. The molecule has 0 saturated carbocycles. The second-order valence-corrected chi connectivity index (χ2v) is 7.89. The van der Waals surface area contributed by atoms with E-state index in [0.29, 0.717) is 44.7 Å². The zero-order valence-corrected chi connectivity index (χ0v) is 17.1. The van der Waals surface area contributed by atoms with Crippen molar-refractivity contribution in [1.82, 2.24) is 4.90 Å². The second-order valence-electron chi connectivity index (χ2n) is 7.89. The third-order valence-electron chi connectivity index (χ3n) is 5.96. The molecule has 2 aromatic carbocycles. The average molecular weight is 406 g/mol. The minimum atomic E-state index is -0.590. The summed E-state index contributed by atoms with van der Waals surface area (Å²) < 4.78 is 0. The van der Waals surface area contributed by atoms with E-state index in [1.54, 1.807) is 21.9 Å². The fourth-order valence-electron chi connectivity index (χ4n) is 4.13. The van der Waals surface area contributed by atoms with E-state index in [0.717, 1.165) is 16.9 Å². The highest BCUT2D eigenvalue weighted by atomic mass is 16.2.